The number of nitrogens with one attached hydrogen (secondary N) is 1. The minimum absolute atomic E-state index is 0.490. The monoisotopic (exact) mass is 237 g/mol. The first kappa shape index (κ1) is 13.4. The summed E-state index contributed by atoms with van der Waals surface area (Å²) in [6.07, 6.45) is 8.63. The minimum Gasteiger partial charge on any atom is -0.314 e. The summed E-state index contributed by atoms with van der Waals surface area (Å²) >= 11 is 0. The van der Waals surface area contributed by atoms with Gasteiger partial charge >= 0.3 is 0 Å². The molecule has 0 spiro atoms. The van der Waals surface area contributed by atoms with Gasteiger partial charge in [-0.2, -0.15) is 0 Å². The molecule has 17 heavy (non-hydrogen) atoms. The molecule has 1 heteroatoms. The van der Waals surface area contributed by atoms with E-state index in [1.165, 1.54) is 45.1 Å². The fourth-order valence-electron chi connectivity index (χ4n) is 3.60. The zero-order chi connectivity index (χ0) is 12.5. The standard InChI is InChI=1S/C16H31N/c1-5-12-6-7-13(11-17-14-8-9-14)15(10-12)16(2,3)4/h12-15,17H,5-11H2,1-4H3. The Morgan fingerprint density at radius 1 is 1.06 bits per heavy atom. The van der Waals surface area contributed by atoms with E-state index in [1.54, 1.807) is 0 Å². The molecule has 100 valence electrons. The maximum Gasteiger partial charge on any atom is 0.00683 e. The second-order valence-corrected chi connectivity index (χ2v) is 7.50. The summed E-state index contributed by atoms with van der Waals surface area (Å²) in [6.45, 7) is 11.0. The average molecular weight is 237 g/mol. The van der Waals surface area contributed by atoms with E-state index in [4.69, 9.17) is 0 Å². The van der Waals surface area contributed by atoms with E-state index in [0.717, 1.165) is 23.8 Å². The Hall–Kier alpha value is -0.0400. The van der Waals surface area contributed by atoms with Crippen molar-refractivity contribution in [3.63, 3.8) is 0 Å². The van der Waals surface area contributed by atoms with Crippen LogP contribution in [0.5, 0.6) is 0 Å². The van der Waals surface area contributed by atoms with Gasteiger partial charge in [0.25, 0.3) is 0 Å². The molecule has 2 aliphatic rings. The first-order chi connectivity index (χ1) is 8.00. The molecular weight excluding hydrogens is 206 g/mol. The lowest BCUT2D eigenvalue weighted by Gasteiger charge is -2.43. The van der Waals surface area contributed by atoms with Gasteiger partial charge in [-0.15, -0.1) is 0 Å². The maximum atomic E-state index is 3.76. The van der Waals surface area contributed by atoms with Gasteiger partial charge in [0.1, 0.15) is 0 Å². The lowest BCUT2D eigenvalue weighted by Crippen LogP contribution is -2.39. The molecule has 0 aromatic heterocycles. The third-order valence-electron chi connectivity index (χ3n) is 5.04. The van der Waals surface area contributed by atoms with Crippen LogP contribution >= 0.6 is 0 Å². The molecule has 0 radical (unpaired) electrons. The SMILES string of the molecule is CCC1CCC(CNC2CC2)C(C(C)(C)C)C1. The van der Waals surface area contributed by atoms with Crippen molar-refractivity contribution >= 4 is 0 Å². The quantitative estimate of drug-likeness (QED) is 0.771. The average Bonchev–Trinajstić information content (AvgIpc) is 3.08. The van der Waals surface area contributed by atoms with Crippen LogP contribution in [0.3, 0.4) is 0 Å². The molecule has 0 aromatic rings. The van der Waals surface area contributed by atoms with Gasteiger partial charge in [0.2, 0.25) is 0 Å². The van der Waals surface area contributed by atoms with E-state index in [1.807, 2.05) is 0 Å². The number of rotatable bonds is 4. The molecule has 2 rings (SSSR count). The summed E-state index contributed by atoms with van der Waals surface area (Å²) in [6, 6.07) is 0.875. The van der Waals surface area contributed by atoms with Crippen LogP contribution in [-0.4, -0.2) is 12.6 Å². The molecule has 0 amide bonds. The van der Waals surface area contributed by atoms with Crippen LogP contribution in [0.2, 0.25) is 0 Å². The van der Waals surface area contributed by atoms with E-state index in [0.29, 0.717) is 5.41 Å². The second-order valence-electron chi connectivity index (χ2n) is 7.50. The molecule has 3 atom stereocenters. The predicted octanol–water partition coefficient (Wildman–Crippen LogP) is 4.23. The van der Waals surface area contributed by atoms with Crippen LogP contribution in [-0.2, 0) is 0 Å². The van der Waals surface area contributed by atoms with Gasteiger partial charge < -0.3 is 5.32 Å². The summed E-state index contributed by atoms with van der Waals surface area (Å²) in [5, 5.41) is 3.76. The first-order valence-corrected chi connectivity index (χ1v) is 7.74. The predicted molar refractivity (Wildman–Crippen MR) is 75.1 cm³/mol. The molecule has 0 bridgehead atoms. The normalized spacial score (nSPS) is 34.9. The van der Waals surface area contributed by atoms with Gasteiger partial charge in [-0.1, -0.05) is 40.5 Å². The van der Waals surface area contributed by atoms with Crippen molar-refractivity contribution in [2.24, 2.45) is 23.2 Å². The van der Waals surface area contributed by atoms with Crippen molar-refractivity contribution < 1.29 is 0 Å². The highest BCUT2D eigenvalue weighted by atomic mass is 14.9. The van der Waals surface area contributed by atoms with Gasteiger partial charge in [-0.05, 0) is 55.4 Å². The van der Waals surface area contributed by atoms with Gasteiger partial charge in [-0.3, -0.25) is 0 Å². The van der Waals surface area contributed by atoms with Crippen LogP contribution in [0.15, 0.2) is 0 Å². The largest absolute Gasteiger partial charge is 0.314 e. The van der Waals surface area contributed by atoms with E-state index in [-0.39, 0.29) is 0 Å². The minimum atomic E-state index is 0.490. The third kappa shape index (κ3) is 3.71. The fraction of sp³-hybridized carbons (Fsp3) is 1.00. The Labute approximate surface area is 108 Å². The smallest absolute Gasteiger partial charge is 0.00683 e. The summed E-state index contributed by atoms with van der Waals surface area (Å²) in [5.41, 5.74) is 0.490. The van der Waals surface area contributed by atoms with E-state index < -0.39 is 0 Å². The van der Waals surface area contributed by atoms with Crippen molar-refractivity contribution in [3.8, 4) is 0 Å². The highest BCUT2D eigenvalue weighted by Gasteiger charge is 2.37. The van der Waals surface area contributed by atoms with E-state index in [9.17, 15) is 0 Å². The Balaban J connectivity index is 1.91. The molecule has 0 aromatic carbocycles. The van der Waals surface area contributed by atoms with E-state index in [2.05, 4.69) is 33.0 Å². The lowest BCUT2D eigenvalue weighted by molar-refractivity contribution is 0.0739. The zero-order valence-electron chi connectivity index (χ0n) is 12.3. The highest BCUT2D eigenvalue weighted by molar-refractivity contribution is 4.90. The zero-order valence-corrected chi connectivity index (χ0v) is 12.3. The molecular formula is C16H31N. The van der Waals surface area contributed by atoms with Gasteiger partial charge in [0, 0.05) is 6.04 Å². The molecule has 2 aliphatic carbocycles. The second kappa shape index (κ2) is 5.30. The van der Waals surface area contributed by atoms with Crippen molar-refractivity contribution in [2.45, 2.75) is 72.3 Å². The van der Waals surface area contributed by atoms with E-state index >= 15 is 0 Å². The molecule has 3 unspecified atom stereocenters. The lowest BCUT2D eigenvalue weighted by atomic mass is 9.63. The van der Waals surface area contributed by atoms with Crippen molar-refractivity contribution in [1.82, 2.24) is 5.32 Å². The van der Waals surface area contributed by atoms with Crippen LogP contribution in [0.25, 0.3) is 0 Å². The van der Waals surface area contributed by atoms with Crippen LogP contribution in [0.4, 0.5) is 0 Å². The van der Waals surface area contributed by atoms with Crippen LogP contribution in [0.1, 0.15) is 66.2 Å². The number of hydrogen-bond donors (Lipinski definition) is 1. The molecule has 1 nitrogen and oxygen atoms in total. The Morgan fingerprint density at radius 3 is 2.29 bits per heavy atom. The summed E-state index contributed by atoms with van der Waals surface area (Å²) in [4.78, 5) is 0. The molecule has 0 aliphatic heterocycles. The topological polar surface area (TPSA) is 12.0 Å². The first-order valence-electron chi connectivity index (χ1n) is 7.74. The van der Waals surface area contributed by atoms with Crippen LogP contribution < -0.4 is 5.32 Å². The maximum absolute atomic E-state index is 3.76. The Morgan fingerprint density at radius 2 is 1.76 bits per heavy atom. The van der Waals surface area contributed by atoms with Crippen molar-refractivity contribution in [3.05, 3.63) is 0 Å². The highest BCUT2D eigenvalue weighted by Crippen LogP contribution is 2.44. The third-order valence-corrected chi connectivity index (χ3v) is 5.04. The summed E-state index contributed by atoms with van der Waals surface area (Å²) in [5.74, 6) is 2.85. The summed E-state index contributed by atoms with van der Waals surface area (Å²) in [7, 11) is 0. The molecule has 0 heterocycles. The van der Waals surface area contributed by atoms with Crippen LogP contribution in [0, 0.1) is 23.2 Å². The molecule has 2 saturated carbocycles. The van der Waals surface area contributed by atoms with Gasteiger partial charge in [-0.25, -0.2) is 0 Å². The number of hydrogen-bond acceptors (Lipinski definition) is 1. The Bertz CT molecular complexity index is 236. The molecule has 0 saturated heterocycles. The van der Waals surface area contributed by atoms with Crippen molar-refractivity contribution in [2.75, 3.05) is 6.54 Å². The van der Waals surface area contributed by atoms with Gasteiger partial charge in [0.15, 0.2) is 0 Å². The van der Waals surface area contributed by atoms with Crippen molar-refractivity contribution in [1.29, 1.82) is 0 Å². The molecule has 2 fully saturated rings. The summed E-state index contributed by atoms with van der Waals surface area (Å²) < 4.78 is 0. The van der Waals surface area contributed by atoms with Gasteiger partial charge in [0.05, 0.1) is 0 Å². The fourth-order valence-corrected chi connectivity index (χ4v) is 3.60. The Kier molecular flexibility index (Phi) is 4.18. The molecule has 1 N–H and O–H groups in total.